The fourth-order valence-electron chi connectivity index (χ4n) is 2.97. The van der Waals surface area contributed by atoms with Crippen LogP contribution in [-0.2, 0) is 7.05 Å². The Morgan fingerprint density at radius 1 is 1.13 bits per heavy atom. The summed E-state index contributed by atoms with van der Waals surface area (Å²) >= 11 is 0. The van der Waals surface area contributed by atoms with Gasteiger partial charge in [0, 0.05) is 29.7 Å². The van der Waals surface area contributed by atoms with Gasteiger partial charge in [0.05, 0.1) is 11.6 Å². The number of carbonyl (C=O) groups is 1. The molecule has 1 aromatic carbocycles. The lowest BCUT2D eigenvalue weighted by atomic mass is 9.98. The second-order valence-electron chi connectivity index (χ2n) is 5.40. The maximum atomic E-state index is 12.3. The first kappa shape index (κ1) is 13.4. The van der Waals surface area contributed by atoms with Crippen molar-refractivity contribution in [1.29, 1.82) is 0 Å². The molecule has 0 aliphatic carbocycles. The van der Waals surface area contributed by atoms with Crippen molar-refractivity contribution < 1.29 is 4.79 Å². The Morgan fingerprint density at radius 3 is 2.74 bits per heavy atom. The topological polar surface area (TPSA) is 112 Å². The van der Waals surface area contributed by atoms with Crippen LogP contribution in [0.4, 0.5) is 10.6 Å². The first-order chi connectivity index (χ1) is 11.1. The zero-order chi connectivity index (χ0) is 16.1. The van der Waals surface area contributed by atoms with Crippen molar-refractivity contribution in [3.8, 4) is 0 Å². The molecule has 2 amide bonds. The molecule has 2 aromatic heterocycles. The van der Waals surface area contributed by atoms with Gasteiger partial charge in [-0.2, -0.15) is 0 Å². The zero-order valence-electron chi connectivity index (χ0n) is 12.1. The molecular formula is C15H13N5O3. The van der Waals surface area contributed by atoms with E-state index in [1.165, 1.54) is 11.6 Å². The van der Waals surface area contributed by atoms with Gasteiger partial charge in [0.25, 0.3) is 5.56 Å². The van der Waals surface area contributed by atoms with Crippen LogP contribution in [0.25, 0.3) is 10.9 Å². The fourth-order valence-corrected chi connectivity index (χ4v) is 2.97. The van der Waals surface area contributed by atoms with Crippen LogP contribution >= 0.6 is 0 Å². The summed E-state index contributed by atoms with van der Waals surface area (Å²) in [5.41, 5.74) is 0.870. The molecule has 1 aliphatic heterocycles. The van der Waals surface area contributed by atoms with E-state index in [9.17, 15) is 14.4 Å². The van der Waals surface area contributed by atoms with Crippen molar-refractivity contribution in [2.24, 2.45) is 7.05 Å². The monoisotopic (exact) mass is 311 g/mol. The highest BCUT2D eigenvalue weighted by atomic mass is 16.2. The molecule has 1 aliphatic rings. The number of nitrogens with zero attached hydrogens (tertiary/aromatic N) is 1. The molecule has 8 nitrogen and oxygen atoms in total. The number of urea groups is 1. The molecule has 0 radical (unpaired) electrons. The zero-order valence-corrected chi connectivity index (χ0v) is 12.1. The normalized spacial score (nSPS) is 16.7. The molecule has 3 aromatic rings. The molecule has 0 spiro atoms. The van der Waals surface area contributed by atoms with Gasteiger partial charge in [-0.15, -0.1) is 0 Å². The molecule has 0 saturated heterocycles. The average molecular weight is 311 g/mol. The van der Waals surface area contributed by atoms with Gasteiger partial charge < -0.3 is 10.3 Å². The van der Waals surface area contributed by atoms with Gasteiger partial charge in [0.15, 0.2) is 0 Å². The minimum absolute atomic E-state index is 0.206. The lowest BCUT2D eigenvalue weighted by Gasteiger charge is -2.27. The molecule has 3 heterocycles. The molecule has 1 unspecified atom stereocenters. The van der Waals surface area contributed by atoms with Gasteiger partial charge >= 0.3 is 11.7 Å². The highest BCUT2D eigenvalue weighted by Gasteiger charge is 2.32. The highest BCUT2D eigenvalue weighted by Crippen LogP contribution is 2.32. The van der Waals surface area contributed by atoms with E-state index >= 15 is 0 Å². The smallest absolute Gasteiger partial charge is 0.329 e. The summed E-state index contributed by atoms with van der Waals surface area (Å²) in [4.78, 5) is 41.4. The van der Waals surface area contributed by atoms with Crippen LogP contribution in [0.5, 0.6) is 0 Å². The number of carbonyl (C=O) groups excluding carboxylic acids is 1. The maximum Gasteiger partial charge on any atom is 0.329 e. The van der Waals surface area contributed by atoms with Gasteiger partial charge in [-0.25, -0.2) is 9.59 Å². The van der Waals surface area contributed by atoms with Crippen LogP contribution in [0.3, 0.4) is 0 Å². The fraction of sp³-hybridized carbons (Fsp3) is 0.133. The summed E-state index contributed by atoms with van der Waals surface area (Å²) in [6, 6.07) is 6.49. The van der Waals surface area contributed by atoms with Crippen LogP contribution in [0.15, 0.2) is 40.1 Å². The number of para-hydroxylation sites is 1. The number of aromatic amines is 2. The number of rotatable bonds is 1. The second kappa shape index (κ2) is 4.60. The minimum atomic E-state index is -0.648. The number of H-pyrrole nitrogens is 2. The van der Waals surface area contributed by atoms with Crippen LogP contribution < -0.4 is 21.9 Å². The Morgan fingerprint density at radius 2 is 1.91 bits per heavy atom. The van der Waals surface area contributed by atoms with Crippen molar-refractivity contribution in [1.82, 2.24) is 19.9 Å². The quantitative estimate of drug-likeness (QED) is 0.533. The van der Waals surface area contributed by atoms with Crippen molar-refractivity contribution in [2.45, 2.75) is 6.04 Å². The van der Waals surface area contributed by atoms with Gasteiger partial charge in [0.2, 0.25) is 0 Å². The SMILES string of the molecule is Cn1c2c(c(=O)[nH]c1=O)C(c1c[nH]c3ccccc13)NC(=O)N2. The third-order valence-corrected chi connectivity index (χ3v) is 4.09. The van der Waals surface area contributed by atoms with Crippen LogP contribution in [0, 0.1) is 0 Å². The number of hydrogen-bond donors (Lipinski definition) is 4. The summed E-state index contributed by atoms with van der Waals surface area (Å²) in [6.45, 7) is 0. The number of hydrogen-bond acceptors (Lipinski definition) is 3. The Bertz CT molecular complexity index is 1060. The lowest BCUT2D eigenvalue weighted by molar-refractivity contribution is 0.248. The third kappa shape index (κ3) is 1.88. The first-order valence-corrected chi connectivity index (χ1v) is 7.03. The van der Waals surface area contributed by atoms with Crippen molar-refractivity contribution in [2.75, 3.05) is 5.32 Å². The van der Waals surface area contributed by atoms with Crippen LogP contribution in [0.1, 0.15) is 17.2 Å². The molecule has 116 valence electrons. The largest absolute Gasteiger partial charge is 0.361 e. The predicted molar refractivity (Wildman–Crippen MR) is 84.6 cm³/mol. The summed E-state index contributed by atoms with van der Waals surface area (Å²) < 4.78 is 1.22. The molecule has 0 saturated carbocycles. The molecule has 0 bridgehead atoms. The molecule has 0 fully saturated rings. The number of amides is 2. The Kier molecular flexibility index (Phi) is 2.68. The van der Waals surface area contributed by atoms with E-state index < -0.39 is 23.3 Å². The maximum absolute atomic E-state index is 12.3. The Balaban J connectivity index is 2.02. The van der Waals surface area contributed by atoms with Crippen LogP contribution in [-0.4, -0.2) is 20.6 Å². The standard InChI is InChI=1S/C15H13N5O3/c1-20-12-10(13(21)19-15(20)23)11(17-14(22)18-12)8-6-16-9-5-3-2-4-7(8)9/h2-6,11,16H,1H3,(H2,17,18,22)(H,19,21,23). The average Bonchev–Trinajstić information content (AvgIpc) is 2.95. The number of fused-ring (bicyclic) bond motifs is 2. The lowest BCUT2D eigenvalue weighted by Crippen LogP contribution is -2.46. The van der Waals surface area contributed by atoms with Crippen molar-refractivity contribution in [3.63, 3.8) is 0 Å². The number of anilines is 1. The summed E-state index contributed by atoms with van der Waals surface area (Å²) in [6.07, 6.45) is 1.76. The van der Waals surface area contributed by atoms with E-state index in [4.69, 9.17) is 0 Å². The van der Waals surface area contributed by atoms with Gasteiger partial charge in [-0.3, -0.25) is 19.7 Å². The number of benzene rings is 1. The molecule has 1 atom stereocenters. The van der Waals surface area contributed by atoms with E-state index in [0.29, 0.717) is 5.56 Å². The molecule has 4 N–H and O–H groups in total. The van der Waals surface area contributed by atoms with E-state index in [1.807, 2.05) is 24.3 Å². The van der Waals surface area contributed by atoms with Gasteiger partial charge in [-0.05, 0) is 6.07 Å². The van der Waals surface area contributed by atoms with E-state index in [-0.39, 0.29) is 5.82 Å². The Hall–Kier alpha value is -3.29. The van der Waals surface area contributed by atoms with Gasteiger partial charge in [0.1, 0.15) is 5.82 Å². The highest BCUT2D eigenvalue weighted by molar-refractivity contribution is 5.94. The number of nitrogens with one attached hydrogen (secondary N) is 4. The third-order valence-electron chi connectivity index (χ3n) is 4.09. The second-order valence-corrected chi connectivity index (χ2v) is 5.40. The predicted octanol–water partition coefficient (Wildman–Crippen LogP) is 0.779. The first-order valence-electron chi connectivity index (χ1n) is 7.03. The number of aromatic nitrogens is 3. The minimum Gasteiger partial charge on any atom is -0.361 e. The van der Waals surface area contributed by atoms with E-state index in [1.54, 1.807) is 6.20 Å². The molecule has 23 heavy (non-hydrogen) atoms. The van der Waals surface area contributed by atoms with Crippen molar-refractivity contribution in [3.05, 3.63) is 62.4 Å². The molecular weight excluding hydrogens is 298 g/mol. The van der Waals surface area contributed by atoms with E-state index in [2.05, 4.69) is 20.6 Å². The van der Waals surface area contributed by atoms with Gasteiger partial charge in [-0.1, -0.05) is 18.2 Å². The summed E-state index contributed by atoms with van der Waals surface area (Å²) in [5, 5.41) is 6.18. The van der Waals surface area contributed by atoms with Crippen molar-refractivity contribution >= 4 is 22.8 Å². The summed E-state index contributed by atoms with van der Waals surface area (Å²) in [7, 11) is 1.50. The Labute approximate surface area is 129 Å². The summed E-state index contributed by atoms with van der Waals surface area (Å²) in [5.74, 6) is 0.206. The molecule has 4 rings (SSSR count). The van der Waals surface area contributed by atoms with Crippen LogP contribution in [0.2, 0.25) is 0 Å². The van der Waals surface area contributed by atoms with E-state index in [0.717, 1.165) is 16.5 Å². The molecule has 8 heteroatoms.